The molecule has 2 N–H and O–H groups in total. The van der Waals surface area contributed by atoms with Crippen molar-refractivity contribution in [2.75, 3.05) is 0 Å². The Morgan fingerprint density at radius 2 is 1.72 bits per heavy atom. The van der Waals surface area contributed by atoms with Crippen LogP contribution in [-0.4, -0.2) is 28.5 Å². The van der Waals surface area contributed by atoms with Crippen molar-refractivity contribution in [3.8, 4) is 0 Å². The molecule has 2 rings (SSSR count). The molecule has 0 radical (unpaired) electrons. The summed E-state index contributed by atoms with van der Waals surface area (Å²) in [5.41, 5.74) is 4.42. The molecular weight excluding hydrogens is 326 g/mol. The molecule has 1 aromatic heterocycles. The number of ether oxygens (including phenoxy) is 1. The lowest BCUT2D eigenvalue weighted by molar-refractivity contribution is -0.155. The Morgan fingerprint density at radius 1 is 1.04 bits per heavy atom. The summed E-state index contributed by atoms with van der Waals surface area (Å²) in [6.07, 6.45) is 0.303. The zero-order chi connectivity index (χ0) is 18.2. The number of hydrogen-bond donors (Lipinski definition) is 2. The van der Waals surface area contributed by atoms with Gasteiger partial charge in [-0.05, 0) is 25.1 Å². The molecule has 1 heterocycles. The van der Waals surface area contributed by atoms with Crippen LogP contribution in [0.4, 0.5) is 0 Å². The zero-order valence-corrected chi connectivity index (χ0v) is 13.5. The van der Waals surface area contributed by atoms with E-state index < -0.39 is 23.9 Å². The normalized spacial score (nSPS) is 11.2. The highest BCUT2D eigenvalue weighted by Crippen LogP contribution is 1.98. The van der Waals surface area contributed by atoms with Crippen molar-refractivity contribution in [3.05, 3.63) is 70.6 Å². The summed E-state index contributed by atoms with van der Waals surface area (Å²) < 4.78 is 6.10. The molecule has 0 unspecified atom stereocenters. The fourth-order valence-corrected chi connectivity index (χ4v) is 1.90. The predicted molar refractivity (Wildman–Crippen MR) is 88.3 cm³/mol. The van der Waals surface area contributed by atoms with Gasteiger partial charge in [-0.2, -0.15) is 0 Å². The third kappa shape index (κ3) is 5.31. The number of amides is 2. The van der Waals surface area contributed by atoms with Gasteiger partial charge in [-0.15, -0.1) is 0 Å². The molecule has 0 aliphatic rings. The second-order valence-corrected chi connectivity index (χ2v) is 5.11. The van der Waals surface area contributed by atoms with Crippen molar-refractivity contribution in [2.24, 2.45) is 0 Å². The van der Waals surface area contributed by atoms with Crippen LogP contribution in [0.1, 0.15) is 17.3 Å². The van der Waals surface area contributed by atoms with E-state index in [1.807, 2.05) is 0 Å². The first-order valence-corrected chi connectivity index (χ1v) is 7.47. The molecule has 0 aliphatic carbocycles. The van der Waals surface area contributed by atoms with Crippen LogP contribution in [0.25, 0.3) is 0 Å². The summed E-state index contributed by atoms with van der Waals surface area (Å²) in [7, 11) is 0. The van der Waals surface area contributed by atoms with Gasteiger partial charge in [0, 0.05) is 17.8 Å². The number of nitrogens with zero attached hydrogens (tertiary/aromatic N) is 1. The summed E-state index contributed by atoms with van der Waals surface area (Å²) in [6.45, 7) is 1.04. The fourth-order valence-electron chi connectivity index (χ4n) is 1.90. The zero-order valence-electron chi connectivity index (χ0n) is 13.5. The number of carbonyl (C=O) groups is 3. The second-order valence-electron chi connectivity index (χ2n) is 5.11. The molecule has 0 saturated heterocycles. The Morgan fingerprint density at radius 3 is 2.40 bits per heavy atom. The Labute approximate surface area is 143 Å². The number of carbonyl (C=O) groups excluding carboxylic acids is 3. The third-order valence-electron chi connectivity index (χ3n) is 3.21. The van der Waals surface area contributed by atoms with E-state index in [2.05, 4.69) is 10.9 Å². The average Bonchev–Trinajstić information content (AvgIpc) is 2.62. The van der Waals surface area contributed by atoms with Crippen molar-refractivity contribution < 1.29 is 19.1 Å². The van der Waals surface area contributed by atoms with Gasteiger partial charge in [0.1, 0.15) is 6.54 Å². The molecule has 8 nitrogen and oxygen atoms in total. The Balaban J connectivity index is 1.82. The SMILES string of the molecule is C[C@H](OC(=O)Cn1ccccc1=O)C(=O)NNC(=O)c1ccccc1. The summed E-state index contributed by atoms with van der Waals surface area (Å²) in [5, 5.41) is 0. The lowest BCUT2D eigenvalue weighted by Gasteiger charge is -2.14. The van der Waals surface area contributed by atoms with E-state index in [0.29, 0.717) is 5.56 Å². The van der Waals surface area contributed by atoms with Gasteiger partial charge in [0.05, 0.1) is 0 Å². The van der Waals surface area contributed by atoms with Crippen molar-refractivity contribution in [1.29, 1.82) is 0 Å². The monoisotopic (exact) mass is 343 g/mol. The Kier molecular flexibility index (Phi) is 6.05. The van der Waals surface area contributed by atoms with Gasteiger partial charge in [0.2, 0.25) is 0 Å². The van der Waals surface area contributed by atoms with Gasteiger partial charge in [-0.1, -0.05) is 24.3 Å². The number of hydrogen-bond acceptors (Lipinski definition) is 5. The minimum atomic E-state index is -1.14. The van der Waals surface area contributed by atoms with Crippen LogP contribution in [0.5, 0.6) is 0 Å². The fraction of sp³-hybridized carbons (Fsp3) is 0.176. The molecule has 130 valence electrons. The largest absolute Gasteiger partial charge is 0.451 e. The number of nitrogens with one attached hydrogen (secondary N) is 2. The van der Waals surface area contributed by atoms with E-state index in [0.717, 1.165) is 4.57 Å². The number of hydrazine groups is 1. The Hall–Kier alpha value is -3.42. The maximum Gasteiger partial charge on any atom is 0.326 e. The van der Waals surface area contributed by atoms with E-state index in [-0.39, 0.29) is 12.1 Å². The molecule has 2 amide bonds. The van der Waals surface area contributed by atoms with E-state index in [1.165, 1.54) is 19.2 Å². The summed E-state index contributed by atoms with van der Waals surface area (Å²) in [6, 6.07) is 12.8. The van der Waals surface area contributed by atoms with Gasteiger partial charge in [-0.25, -0.2) is 0 Å². The Bertz CT molecular complexity index is 816. The van der Waals surface area contributed by atoms with Crippen LogP contribution in [-0.2, 0) is 20.9 Å². The molecular formula is C17H17N3O5. The number of pyridine rings is 1. The smallest absolute Gasteiger partial charge is 0.326 e. The number of benzene rings is 1. The predicted octanol–water partition coefficient (Wildman–Crippen LogP) is 0.241. The maximum atomic E-state index is 11.9. The first kappa shape index (κ1) is 17.9. The molecule has 0 aliphatic heterocycles. The van der Waals surface area contributed by atoms with Crippen LogP contribution in [0.2, 0.25) is 0 Å². The standard InChI is InChI=1S/C17H17N3O5/c1-12(25-15(22)11-20-10-6-5-9-14(20)21)16(23)18-19-17(24)13-7-3-2-4-8-13/h2-10,12H,11H2,1H3,(H,18,23)(H,19,24)/t12-/m0/s1. The van der Waals surface area contributed by atoms with Gasteiger partial charge in [0.15, 0.2) is 6.10 Å². The van der Waals surface area contributed by atoms with E-state index in [4.69, 9.17) is 4.74 Å². The molecule has 0 bridgehead atoms. The van der Waals surface area contributed by atoms with Gasteiger partial charge >= 0.3 is 5.97 Å². The minimum Gasteiger partial charge on any atom is -0.451 e. The highest BCUT2D eigenvalue weighted by atomic mass is 16.5. The van der Waals surface area contributed by atoms with Gasteiger partial charge in [0.25, 0.3) is 17.4 Å². The van der Waals surface area contributed by atoms with E-state index in [9.17, 15) is 19.2 Å². The quantitative estimate of drug-likeness (QED) is 0.597. The van der Waals surface area contributed by atoms with E-state index in [1.54, 1.807) is 42.5 Å². The van der Waals surface area contributed by atoms with Crippen LogP contribution >= 0.6 is 0 Å². The van der Waals surface area contributed by atoms with Gasteiger partial charge in [-0.3, -0.25) is 30.0 Å². The average molecular weight is 343 g/mol. The first-order chi connectivity index (χ1) is 12.0. The van der Waals surface area contributed by atoms with Crippen LogP contribution in [0.15, 0.2) is 59.5 Å². The van der Waals surface area contributed by atoms with Crippen molar-refractivity contribution >= 4 is 17.8 Å². The van der Waals surface area contributed by atoms with Crippen molar-refractivity contribution in [1.82, 2.24) is 15.4 Å². The van der Waals surface area contributed by atoms with Gasteiger partial charge < -0.3 is 9.30 Å². The lowest BCUT2D eigenvalue weighted by atomic mass is 10.2. The highest BCUT2D eigenvalue weighted by Gasteiger charge is 2.19. The molecule has 0 saturated carbocycles. The van der Waals surface area contributed by atoms with Crippen LogP contribution in [0.3, 0.4) is 0 Å². The molecule has 1 aromatic carbocycles. The molecule has 1 atom stereocenters. The minimum absolute atomic E-state index is 0.312. The molecule has 0 fully saturated rings. The third-order valence-corrected chi connectivity index (χ3v) is 3.21. The maximum absolute atomic E-state index is 11.9. The number of esters is 1. The first-order valence-electron chi connectivity index (χ1n) is 7.47. The molecule has 25 heavy (non-hydrogen) atoms. The summed E-state index contributed by atoms with van der Waals surface area (Å²) in [5.74, 6) is -1.94. The molecule has 8 heteroatoms. The van der Waals surface area contributed by atoms with E-state index >= 15 is 0 Å². The highest BCUT2D eigenvalue weighted by molar-refractivity contribution is 5.95. The molecule has 2 aromatic rings. The van der Waals surface area contributed by atoms with Crippen molar-refractivity contribution in [2.45, 2.75) is 19.6 Å². The number of rotatable bonds is 5. The topological polar surface area (TPSA) is 106 Å². The van der Waals surface area contributed by atoms with Crippen LogP contribution < -0.4 is 16.4 Å². The summed E-state index contributed by atoms with van der Waals surface area (Å²) >= 11 is 0. The van der Waals surface area contributed by atoms with Crippen molar-refractivity contribution in [3.63, 3.8) is 0 Å². The number of aromatic nitrogens is 1. The van der Waals surface area contributed by atoms with Crippen LogP contribution in [0, 0.1) is 0 Å². The lowest BCUT2D eigenvalue weighted by Crippen LogP contribution is -2.47. The summed E-state index contributed by atoms with van der Waals surface area (Å²) in [4.78, 5) is 47.0. The molecule has 0 spiro atoms. The second kappa shape index (κ2) is 8.44.